The van der Waals surface area contributed by atoms with Gasteiger partial charge in [-0.2, -0.15) is 0 Å². The molecular weight excluding hydrogens is 172 g/mol. The van der Waals surface area contributed by atoms with Crippen molar-refractivity contribution in [2.45, 2.75) is 30.5 Å². The number of hydrogen-bond donors (Lipinski definition) is 3. The number of ether oxygens (including phenoxy) is 1. The maximum Gasteiger partial charge on any atom is 0.126 e. The van der Waals surface area contributed by atoms with E-state index < -0.39 is 5.60 Å². The molecule has 2 rings (SSSR count). The third-order valence-corrected chi connectivity index (χ3v) is 3.63. The van der Waals surface area contributed by atoms with Crippen molar-refractivity contribution in [2.75, 3.05) is 19.8 Å². The topological polar surface area (TPSA) is 73.2 Å². The second-order valence-electron chi connectivity index (χ2n) is 4.04. The van der Waals surface area contributed by atoms with E-state index in [1.54, 1.807) is 0 Å². The largest absolute Gasteiger partial charge is 0.396 e. The number of aliphatic hydroxyl groups is 3. The first-order chi connectivity index (χ1) is 6.24. The van der Waals surface area contributed by atoms with Crippen molar-refractivity contribution in [3.05, 3.63) is 0 Å². The van der Waals surface area contributed by atoms with Crippen LogP contribution in [0.3, 0.4) is 0 Å². The van der Waals surface area contributed by atoms with Crippen LogP contribution in [0.1, 0.15) is 19.3 Å². The minimum Gasteiger partial charge on any atom is -0.396 e. The van der Waals surface area contributed by atoms with Gasteiger partial charge in [0.2, 0.25) is 0 Å². The smallest absolute Gasteiger partial charge is 0.126 e. The summed E-state index contributed by atoms with van der Waals surface area (Å²) in [6.45, 7) is 0.103. The highest BCUT2D eigenvalue weighted by Gasteiger charge is 2.75. The summed E-state index contributed by atoms with van der Waals surface area (Å²) >= 11 is 0. The lowest BCUT2D eigenvalue weighted by Crippen LogP contribution is -2.33. The first kappa shape index (κ1) is 9.40. The molecule has 3 atom stereocenters. The molecule has 2 fully saturated rings. The highest BCUT2D eigenvalue weighted by atomic mass is 16.6. The van der Waals surface area contributed by atoms with E-state index in [0.29, 0.717) is 6.42 Å². The molecule has 0 unspecified atom stereocenters. The Morgan fingerprint density at radius 3 is 2.62 bits per heavy atom. The molecule has 4 heteroatoms. The van der Waals surface area contributed by atoms with Gasteiger partial charge in [0.05, 0.1) is 6.61 Å². The van der Waals surface area contributed by atoms with Crippen LogP contribution in [0.2, 0.25) is 0 Å². The predicted molar refractivity (Wildman–Crippen MR) is 45.1 cm³/mol. The van der Waals surface area contributed by atoms with Gasteiger partial charge in [-0.1, -0.05) is 0 Å². The molecule has 3 N–H and O–H groups in total. The Bertz CT molecular complexity index is 208. The van der Waals surface area contributed by atoms with Crippen LogP contribution in [0.15, 0.2) is 0 Å². The van der Waals surface area contributed by atoms with Crippen molar-refractivity contribution < 1.29 is 20.1 Å². The minimum absolute atomic E-state index is 0.0434. The van der Waals surface area contributed by atoms with Crippen molar-refractivity contribution in [1.29, 1.82) is 0 Å². The minimum atomic E-state index is -0.537. The molecule has 76 valence electrons. The number of aliphatic hydroxyl groups excluding tert-OH is 3. The molecule has 0 radical (unpaired) electrons. The fourth-order valence-corrected chi connectivity index (χ4v) is 2.79. The highest BCUT2D eigenvalue weighted by Crippen LogP contribution is 2.63. The van der Waals surface area contributed by atoms with E-state index in [9.17, 15) is 5.11 Å². The predicted octanol–water partition coefficient (Wildman–Crippen LogP) is -0.729. The van der Waals surface area contributed by atoms with Gasteiger partial charge in [-0.15, -0.1) is 0 Å². The van der Waals surface area contributed by atoms with Crippen molar-refractivity contribution in [2.24, 2.45) is 5.92 Å². The van der Waals surface area contributed by atoms with Crippen LogP contribution in [0.25, 0.3) is 0 Å². The molecule has 0 bridgehead atoms. The summed E-state index contributed by atoms with van der Waals surface area (Å²) in [7, 11) is 0. The second-order valence-corrected chi connectivity index (χ2v) is 4.04. The lowest BCUT2D eigenvalue weighted by atomic mass is 9.89. The molecule has 0 spiro atoms. The third-order valence-electron chi connectivity index (χ3n) is 3.63. The summed E-state index contributed by atoms with van der Waals surface area (Å²) < 4.78 is 5.55. The second kappa shape index (κ2) is 2.92. The molecule has 1 aliphatic heterocycles. The highest BCUT2D eigenvalue weighted by molar-refractivity contribution is 5.23. The average Bonchev–Trinajstić information content (AvgIpc) is 2.69. The summed E-state index contributed by atoms with van der Waals surface area (Å²) in [6.07, 6.45) is 2.31. The van der Waals surface area contributed by atoms with Crippen molar-refractivity contribution >= 4 is 0 Å². The zero-order valence-corrected chi connectivity index (χ0v) is 7.57. The molecule has 0 aromatic heterocycles. The monoisotopic (exact) mass is 188 g/mol. The molecule has 4 nitrogen and oxygen atoms in total. The fourth-order valence-electron chi connectivity index (χ4n) is 2.79. The van der Waals surface area contributed by atoms with Gasteiger partial charge in [-0.05, 0) is 12.8 Å². The van der Waals surface area contributed by atoms with Crippen LogP contribution >= 0.6 is 0 Å². The van der Waals surface area contributed by atoms with Crippen LogP contribution < -0.4 is 0 Å². The Hall–Kier alpha value is -0.160. The maximum absolute atomic E-state index is 9.24. The molecule has 1 heterocycles. The van der Waals surface area contributed by atoms with E-state index >= 15 is 0 Å². The van der Waals surface area contributed by atoms with Crippen LogP contribution in [0.4, 0.5) is 0 Å². The molecule has 0 aromatic rings. The number of epoxide rings is 1. The number of rotatable bonds is 4. The first-order valence-electron chi connectivity index (χ1n) is 4.77. The Morgan fingerprint density at radius 2 is 2.08 bits per heavy atom. The quantitative estimate of drug-likeness (QED) is 0.509. The molecule has 0 amide bonds. The van der Waals surface area contributed by atoms with Gasteiger partial charge < -0.3 is 20.1 Å². The lowest BCUT2D eigenvalue weighted by molar-refractivity contribution is 0.0716. The summed E-state index contributed by atoms with van der Waals surface area (Å²) in [5, 5.41) is 27.2. The Kier molecular flexibility index (Phi) is 2.11. The van der Waals surface area contributed by atoms with Gasteiger partial charge in [-0.3, -0.25) is 0 Å². The van der Waals surface area contributed by atoms with Gasteiger partial charge in [0.15, 0.2) is 0 Å². The molecule has 1 saturated carbocycles. The van der Waals surface area contributed by atoms with Crippen LogP contribution in [-0.2, 0) is 4.74 Å². The van der Waals surface area contributed by atoms with Crippen LogP contribution in [0, 0.1) is 5.92 Å². The SMILES string of the molecule is OCC[C@@]12CC[C@H](CO)[C@]1(CO)O2. The standard InChI is InChI=1S/C9H16O4/c10-4-3-8-2-1-7(5-11)9(8,6-12)13-8/h7,10-12H,1-6H2/t7-,8+,9+/m1/s1. The van der Waals surface area contributed by atoms with Crippen molar-refractivity contribution in [1.82, 2.24) is 0 Å². The molecule has 13 heavy (non-hydrogen) atoms. The Labute approximate surface area is 77.1 Å². The van der Waals surface area contributed by atoms with Gasteiger partial charge in [0.1, 0.15) is 11.2 Å². The van der Waals surface area contributed by atoms with Crippen LogP contribution in [0.5, 0.6) is 0 Å². The molecule has 1 saturated heterocycles. The van der Waals surface area contributed by atoms with Crippen LogP contribution in [-0.4, -0.2) is 46.3 Å². The van der Waals surface area contributed by atoms with Crippen molar-refractivity contribution in [3.8, 4) is 0 Å². The third kappa shape index (κ3) is 1.00. The zero-order valence-electron chi connectivity index (χ0n) is 7.57. The summed E-state index contributed by atoms with van der Waals surface area (Å²) in [5.41, 5.74) is -0.867. The maximum atomic E-state index is 9.24. The summed E-state index contributed by atoms with van der Waals surface area (Å²) in [4.78, 5) is 0. The molecule has 0 aromatic carbocycles. The summed E-state index contributed by atoms with van der Waals surface area (Å²) in [6, 6.07) is 0. The normalized spacial score (nSPS) is 47.8. The average molecular weight is 188 g/mol. The van der Waals surface area contributed by atoms with Gasteiger partial charge in [-0.25, -0.2) is 0 Å². The number of fused-ring (bicyclic) bond motifs is 1. The van der Waals surface area contributed by atoms with E-state index in [2.05, 4.69) is 0 Å². The van der Waals surface area contributed by atoms with Gasteiger partial charge >= 0.3 is 0 Å². The Morgan fingerprint density at radius 1 is 1.31 bits per heavy atom. The molecule has 1 aliphatic carbocycles. The van der Waals surface area contributed by atoms with Crippen molar-refractivity contribution in [3.63, 3.8) is 0 Å². The van der Waals surface area contributed by atoms with Gasteiger partial charge in [0, 0.05) is 25.6 Å². The molecule has 2 aliphatic rings. The van der Waals surface area contributed by atoms with E-state index in [-0.39, 0.29) is 31.3 Å². The first-order valence-corrected chi connectivity index (χ1v) is 4.77. The Balaban J connectivity index is 2.12. The molecular formula is C9H16O4. The van der Waals surface area contributed by atoms with E-state index in [1.165, 1.54) is 0 Å². The lowest BCUT2D eigenvalue weighted by Gasteiger charge is -2.15. The van der Waals surface area contributed by atoms with E-state index in [0.717, 1.165) is 12.8 Å². The summed E-state index contributed by atoms with van der Waals surface area (Å²) in [5.74, 6) is 0.0454. The van der Waals surface area contributed by atoms with Gasteiger partial charge in [0.25, 0.3) is 0 Å². The van der Waals surface area contributed by atoms with E-state index in [4.69, 9.17) is 14.9 Å². The van der Waals surface area contributed by atoms with E-state index in [1.807, 2.05) is 0 Å². The zero-order chi connectivity index (χ0) is 9.53. The number of hydrogen-bond acceptors (Lipinski definition) is 4. The fraction of sp³-hybridized carbons (Fsp3) is 1.00.